The van der Waals surface area contributed by atoms with Gasteiger partial charge in [0.05, 0.1) is 12.5 Å². The number of urea groups is 1. The van der Waals surface area contributed by atoms with Crippen molar-refractivity contribution in [3.05, 3.63) is 29.8 Å². The highest BCUT2D eigenvalue weighted by molar-refractivity contribution is 5.96. The smallest absolute Gasteiger partial charge is 0.318 e. The number of benzene rings is 1. The molecule has 0 fully saturated rings. The fourth-order valence-corrected chi connectivity index (χ4v) is 2.35. The van der Waals surface area contributed by atoms with E-state index in [9.17, 15) is 14.4 Å². The lowest BCUT2D eigenvalue weighted by Gasteiger charge is -2.33. The number of hydrogen-bond acceptors (Lipinski definition) is 4. The van der Waals surface area contributed by atoms with Gasteiger partial charge < -0.3 is 15.7 Å². The Morgan fingerprint density at radius 3 is 2.70 bits per heavy atom. The van der Waals surface area contributed by atoms with Gasteiger partial charge in [-0.25, -0.2) is 4.79 Å². The highest BCUT2D eigenvalue weighted by atomic mass is 16.4. The summed E-state index contributed by atoms with van der Waals surface area (Å²) in [5.74, 6) is -2.04. The summed E-state index contributed by atoms with van der Waals surface area (Å²) >= 11 is 0. The number of carbonyl (C=O) groups is 3. The lowest BCUT2D eigenvalue weighted by molar-refractivity contribution is -0.141. The summed E-state index contributed by atoms with van der Waals surface area (Å²) in [6.07, 6.45) is 0.430. The molecule has 0 radical (unpaired) electrons. The Morgan fingerprint density at radius 1 is 1.35 bits per heavy atom. The number of anilines is 1. The van der Waals surface area contributed by atoms with Crippen molar-refractivity contribution in [3.63, 3.8) is 0 Å². The molecule has 1 aliphatic rings. The van der Waals surface area contributed by atoms with Crippen molar-refractivity contribution in [2.75, 3.05) is 18.0 Å². The molecule has 1 aromatic rings. The molecule has 0 bridgehead atoms. The average Bonchev–Trinajstić information content (AvgIpc) is 2.37. The van der Waals surface area contributed by atoms with E-state index in [-0.39, 0.29) is 13.1 Å². The number of nitrogens with zero attached hydrogens (tertiary/aromatic N) is 1. The van der Waals surface area contributed by atoms with Gasteiger partial charge in [0.1, 0.15) is 0 Å². The third-order valence-corrected chi connectivity index (χ3v) is 3.19. The van der Waals surface area contributed by atoms with E-state index in [1.54, 1.807) is 4.90 Å². The first-order valence-corrected chi connectivity index (χ1v) is 6.12. The lowest BCUT2D eigenvalue weighted by Crippen LogP contribution is -2.46. The number of nitrogens with one attached hydrogen (secondary N) is 1. The van der Waals surface area contributed by atoms with Crippen LogP contribution in [0.2, 0.25) is 0 Å². The number of carboxylic acid groups (broad SMARTS) is 1. The lowest BCUT2D eigenvalue weighted by atomic mass is 9.92. The Kier molecular flexibility index (Phi) is 3.88. The third kappa shape index (κ3) is 3.05. The van der Waals surface area contributed by atoms with Crippen molar-refractivity contribution in [1.29, 1.82) is 0 Å². The Labute approximate surface area is 115 Å². The third-order valence-electron chi connectivity index (χ3n) is 3.19. The molecule has 0 spiro atoms. The number of primary amides is 1. The molecule has 2 rings (SSSR count). The summed E-state index contributed by atoms with van der Waals surface area (Å²) in [5, 5.41) is 11.1. The van der Waals surface area contributed by atoms with Gasteiger partial charge >= 0.3 is 12.0 Å². The molecule has 0 saturated carbocycles. The van der Waals surface area contributed by atoms with E-state index in [4.69, 9.17) is 10.8 Å². The van der Waals surface area contributed by atoms with E-state index < -0.39 is 23.8 Å². The van der Waals surface area contributed by atoms with Crippen LogP contribution in [0.3, 0.4) is 0 Å². The largest absolute Gasteiger partial charge is 0.481 e. The van der Waals surface area contributed by atoms with Crippen LogP contribution in [-0.2, 0) is 16.0 Å². The highest BCUT2D eigenvalue weighted by Crippen LogP contribution is 2.29. The van der Waals surface area contributed by atoms with Gasteiger partial charge in [0.15, 0.2) is 0 Å². The first kappa shape index (κ1) is 13.9. The molecule has 1 unspecified atom stereocenters. The number of para-hydroxylation sites is 1. The molecule has 0 aromatic heterocycles. The fraction of sp³-hybridized carbons (Fsp3) is 0.308. The maximum atomic E-state index is 11.6. The first-order chi connectivity index (χ1) is 9.47. The van der Waals surface area contributed by atoms with E-state index in [1.807, 2.05) is 29.6 Å². The minimum Gasteiger partial charge on any atom is -0.481 e. The number of nitrogens with two attached hydrogens (primary N) is 1. The van der Waals surface area contributed by atoms with E-state index >= 15 is 0 Å². The van der Waals surface area contributed by atoms with Crippen LogP contribution in [0.5, 0.6) is 0 Å². The quantitative estimate of drug-likeness (QED) is 0.716. The Bertz CT molecular complexity index is 558. The molecule has 106 valence electrons. The second-order valence-electron chi connectivity index (χ2n) is 4.66. The molecule has 7 nitrogen and oxygen atoms in total. The summed E-state index contributed by atoms with van der Waals surface area (Å²) in [7, 11) is 0. The minimum atomic E-state index is -0.921. The van der Waals surface area contributed by atoms with Crippen LogP contribution in [0.1, 0.15) is 5.56 Å². The van der Waals surface area contributed by atoms with Crippen molar-refractivity contribution in [3.8, 4) is 0 Å². The number of hydrogen-bond donors (Lipinski definition) is 3. The summed E-state index contributed by atoms with van der Waals surface area (Å²) < 4.78 is 0. The monoisotopic (exact) mass is 277 g/mol. The van der Waals surface area contributed by atoms with E-state index in [0.717, 1.165) is 11.3 Å². The van der Waals surface area contributed by atoms with Gasteiger partial charge in [-0.05, 0) is 18.1 Å². The van der Waals surface area contributed by atoms with Gasteiger partial charge in [0, 0.05) is 12.2 Å². The molecule has 4 N–H and O–H groups in total. The molecule has 1 aromatic carbocycles. The normalized spacial score (nSPS) is 17.2. The molecule has 0 aliphatic carbocycles. The molecule has 1 aliphatic heterocycles. The second-order valence-corrected chi connectivity index (χ2v) is 4.66. The predicted octanol–water partition coefficient (Wildman–Crippen LogP) is -0.0552. The number of rotatable bonds is 3. The van der Waals surface area contributed by atoms with Gasteiger partial charge in [-0.1, -0.05) is 18.2 Å². The molecular weight excluding hydrogens is 262 g/mol. The van der Waals surface area contributed by atoms with Gasteiger partial charge in [-0.3, -0.25) is 14.9 Å². The van der Waals surface area contributed by atoms with Gasteiger partial charge in [-0.15, -0.1) is 0 Å². The summed E-state index contributed by atoms with van der Waals surface area (Å²) in [6.45, 7) is 0.113. The number of carbonyl (C=O) groups excluding carboxylic acids is 2. The zero-order chi connectivity index (χ0) is 14.7. The minimum absolute atomic E-state index is 0.107. The SMILES string of the molecule is NC(=O)NC(=O)CN1CC(C(=O)O)Cc2ccccc21. The van der Waals surface area contributed by atoms with Crippen molar-refractivity contribution >= 4 is 23.6 Å². The van der Waals surface area contributed by atoms with Gasteiger partial charge in [0.2, 0.25) is 5.91 Å². The number of amides is 3. The first-order valence-electron chi connectivity index (χ1n) is 6.12. The van der Waals surface area contributed by atoms with Gasteiger partial charge in [-0.2, -0.15) is 0 Å². The van der Waals surface area contributed by atoms with Crippen LogP contribution in [0, 0.1) is 5.92 Å². The van der Waals surface area contributed by atoms with Crippen LogP contribution >= 0.6 is 0 Å². The average molecular weight is 277 g/mol. The van der Waals surface area contributed by atoms with Crippen LogP contribution in [0.25, 0.3) is 0 Å². The standard InChI is InChI=1S/C13H15N3O4/c14-13(20)15-11(17)7-16-6-9(12(18)19)5-8-3-1-2-4-10(8)16/h1-4,9H,5-7H2,(H,18,19)(H3,14,15,17,20). The molecule has 0 saturated heterocycles. The number of fused-ring (bicyclic) bond motifs is 1. The van der Waals surface area contributed by atoms with Crippen molar-refractivity contribution in [1.82, 2.24) is 5.32 Å². The fourth-order valence-electron chi connectivity index (χ4n) is 2.35. The molecule has 1 heterocycles. The maximum absolute atomic E-state index is 11.6. The molecule has 3 amide bonds. The maximum Gasteiger partial charge on any atom is 0.318 e. The topological polar surface area (TPSA) is 113 Å². The van der Waals surface area contributed by atoms with Crippen LogP contribution < -0.4 is 16.0 Å². The molecule has 7 heteroatoms. The Morgan fingerprint density at radius 2 is 2.05 bits per heavy atom. The van der Waals surface area contributed by atoms with Crippen molar-refractivity contribution in [2.45, 2.75) is 6.42 Å². The number of imide groups is 1. The number of aliphatic carboxylic acids is 1. The Balaban J connectivity index is 2.20. The van der Waals surface area contributed by atoms with Crippen molar-refractivity contribution in [2.24, 2.45) is 11.7 Å². The van der Waals surface area contributed by atoms with Crippen LogP contribution in [0.4, 0.5) is 10.5 Å². The second kappa shape index (κ2) is 5.60. The molecule has 1 atom stereocenters. The zero-order valence-corrected chi connectivity index (χ0v) is 10.7. The summed E-state index contributed by atoms with van der Waals surface area (Å²) in [6, 6.07) is 6.38. The van der Waals surface area contributed by atoms with E-state index in [0.29, 0.717) is 6.42 Å². The zero-order valence-electron chi connectivity index (χ0n) is 10.7. The van der Waals surface area contributed by atoms with Gasteiger partial charge in [0.25, 0.3) is 0 Å². The van der Waals surface area contributed by atoms with E-state index in [2.05, 4.69) is 0 Å². The van der Waals surface area contributed by atoms with Crippen LogP contribution in [-0.4, -0.2) is 36.1 Å². The van der Waals surface area contributed by atoms with Crippen LogP contribution in [0.15, 0.2) is 24.3 Å². The highest BCUT2D eigenvalue weighted by Gasteiger charge is 2.29. The predicted molar refractivity (Wildman–Crippen MR) is 71.2 cm³/mol. The molecule has 20 heavy (non-hydrogen) atoms. The summed E-state index contributed by atoms with van der Waals surface area (Å²) in [4.78, 5) is 35.1. The summed E-state index contributed by atoms with van der Waals surface area (Å²) in [5.41, 5.74) is 6.57. The Hall–Kier alpha value is -2.57. The number of carboxylic acids is 1. The van der Waals surface area contributed by atoms with E-state index in [1.165, 1.54) is 0 Å². The van der Waals surface area contributed by atoms with Crippen molar-refractivity contribution < 1.29 is 19.5 Å². The molecular formula is C13H15N3O4.